The molecule has 0 fully saturated rings. The van der Waals surface area contributed by atoms with Crippen molar-refractivity contribution in [1.82, 2.24) is 15.2 Å². The molecule has 1 aliphatic rings. The number of nitrogens with zero attached hydrogens (tertiary/aromatic N) is 3. The summed E-state index contributed by atoms with van der Waals surface area (Å²) >= 11 is 0. The Balaban J connectivity index is 2.45. The van der Waals surface area contributed by atoms with Crippen LogP contribution in [0.25, 0.3) is 0 Å². The van der Waals surface area contributed by atoms with E-state index in [0.29, 0.717) is 25.1 Å². The summed E-state index contributed by atoms with van der Waals surface area (Å²) in [4.78, 5) is 27.5. The summed E-state index contributed by atoms with van der Waals surface area (Å²) in [6, 6.07) is 0. The summed E-state index contributed by atoms with van der Waals surface area (Å²) in [5, 5.41) is 3.87. The van der Waals surface area contributed by atoms with Crippen molar-refractivity contribution in [3.63, 3.8) is 0 Å². The van der Waals surface area contributed by atoms with Crippen LogP contribution < -0.4 is 5.43 Å². The van der Waals surface area contributed by atoms with Crippen molar-refractivity contribution in [3.05, 3.63) is 0 Å². The largest absolute Gasteiger partial charge is 0.338 e. The quantitative estimate of drug-likeness (QED) is 0.717. The molecule has 0 aliphatic carbocycles. The van der Waals surface area contributed by atoms with E-state index >= 15 is 0 Å². The molecule has 0 saturated heterocycles. The Bertz CT molecular complexity index is 364. The van der Waals surface area contributed by atoms with Gasteiger partial charge in [0.2, 0.25) is 5.91 Å². The highest BCUT2D eigenvalue weighted by atomic mass is 16.2. The predicted octanol–water partition coefficient (Wildman–Crippen LogP) is 0.833. The fourth-order valence-electron chi connectivity index (χ4n) is 2.24. The van der Waals surface area contributed by atoms with E-state index in [2.05, 4.69) is 29.3 Å². The van der Waals surface area contributed by atoms with Gasteiger partial charge in [0.05, 0.1) is 0 Å². The first-order chi connectivity index (χ1) is 9.62. The maximum Gasteiger partial charge on any atom is 0.270 e. The van der Waals surface area contributed by atoms with Gasteiger partial charge in [-0.05, 0) is 33.0 Å². The van der Waals surface area contributed by atoms with E-state index in [4.69, 9.17) is 0 Å². The summed E-state index contributed by atoms with van der Waals surface area (Å²) in [5.74, 6) is -0.168. The molecule has 0 spiro atoms. The Labute approximate surface area is 121 Å². The number of hydrazone groups is 1. The zero-order chi connectivity index (χ0) is 15.0. The highest BCUT2D eigenvalue weighted by Crippen LogP contribution is 2.05. The van der Waals surface area contributed by atoms with Crippen LogP contribution in [0, 0.1) is 0 Å². The molecule has 20 heavy (non-hydrogen) atoms. The first-order valence-electron chi connectivity index (χ1n) is 7.49. The number of hydrogen-bond acceptors (Lipinski definition) is 4. The zero-order valence-electron chi connectivity index (χ0n) is 12.8. The minimum atomic E-state index is -0.119. The van der Waals surface area contributed by atoms with E-state index in [-0.39, 0.29) is 11.8 Å². The molecule has 6 heteroatoms. The van der Waals surface area contributed by atoms with Gasteiger partial charge in [0.1, 0.15) is 5.71 Å². The molecule has 1 N–H and O–H groups in total. The molecule has 1 aliphatic heterocycles. The second-order valence-corrected chi connectivity index (χ2v) is 4.86. The Morgan fingerprint density at radius 1 is 1.15 bits per heavy atom. The Morgan fingerprint density at radius 2 is 1.85 bits per heavy atom. The second kappa shape index (κ2) is 8.68. The van der Waals surface area contributed by atoms with Crippen LogP contribution in [0.5, 0.6) is 0 Å². The van der Waals surface area contributed by atoms with Crippen molar-refractivity contribution in [1.29, 1.82) is 0 Å². The van der Waals surface area contributed by atoms with E-state index in [1.54, 1.807) is 4.90 Å². The lowest BCUT2D eigenvalue weighted by Gasteiger charge is -2.24. The number of nitrogens with one attached hydrogen (secondary N) is 1. The monoisotopic (exact) mass is 282 g/mol. The third kappa shape index (κ3) is 4.92. The van der Waals surface area contributed by atoms with Crippen molar-refractivity contribution in [2.24, 2.45) is 5.10 Å². The smallest absolute Gasteiger partial charge is 0.270 e. The molecule has 0 radical (unpaired) electrons. The molecule has 0 saturated carbocycles. The van der Waals surface area contributed by atoms with Gasteiger partial charge in [0, 0.05) is 25.9 Å². The molecule has 0 atom stereocenters. The van der Waals surface area contributed by atoms with Gasteiger partial charge in [-0.25, -0.2) is 5.43 Å². The third-order valence-electron chi connectivity index (χ3n) is 3.62. The molecule has 0 aromatic carbocycles. The minimum absolute atomic E-state index is 0.0490. The van der Waals surface area contributed by atoms with Gasteiger partial charge in [0.15, 0.2) is 0 Å². The number of hydrogen-bond donors (Lipinski definition) is 1. The number of rotatable bonds is 8. The molecule has 1 rings (SSSR count). The molecule has 0 aromatic heterocycles. The topological polar surface area (TPSA) is 65.0 Å². The first-order valence-corrected chi connectivity index (χ1v) is 7.49. The van der Waals surface area contributed by atoms with E-state index < -0.39 is 0 Å². The van der Waals surface area contributed by atoms with Crippen LogP contribution in [0.1, 0.15) is 40.0 Å². The van der Waals surface area contributed by atoms with Crippen molar-refractivity contribution in [3.8, 4) is 0 Å². The van der Waals surface area contributed by atoms with Gasteiger partial charge in [-0.2, -0.15) is 5.10 Å². The third-order valence-corrected chi connectivity index (χ3v) is 3.62. The summed E-state index contributed by atoms with van der Waals surface area (Å²) in [6.45, 7) is 10.7. The first kappa shape index (κ1) is 16.6. The summed E-state index contributed by atoms with van der Waals surface area (Å²) in [7, 11) is 0. The van der Waals surface area contributed by atoms with Gasteiger partial charge in [0.25, 0.3) is 5.91 Å². The SMILES string of the molecule is CCN(CC)CCCN(CC)C(=O)C1=NNC(=O)CC1. The standard InChI is InChI=1S/C14H26N4O2/c1-4-17(5-2)10-7-11-18(6-3)14(20)12-8-9-13(19)16-15-12/h4-11H2,1-3H3,(H,16,19). The minimum Gasteiger partial charge on any atom is -0.338 e. The summed E-state index contributed by atoms with van der Waals surface area (Å²) < 4.78 is 0. The van der Waals surface area contributed by atoms with Gasteiger partial charge < -0.3 is 9.80 Å². The van der Waals surface area contributed by atoms with Crippen LogP contribution in [0.3, 0.4) is 0 Å². The van der Waals surface area contributed by atoms with Crippen LogP contribution >= 0.6 is 0 Å². The van der Waals surface area contributed by atoms with Crippen LogP contribution in [-0.2, 0) is 9.59 Å². The van der Waals surface area contributed by atoms with Crippen molar-refractivity contribution in [2.45, 2.75) is 40.0 Å². The second-order valence-electron chi connectivity index (χ2n) is 4.86. The molecular weight excluding hydrogens is 256 g/mol. The van der Waals surface area contributed by atoms with Crippen LogP contribution in [-0.4, -0.2) is 60.0 Å². The Hall–Kier alpha value is -1.43. The van der Waals surface area contributed by atoms with Gasteiger partial charge in [-0.3, -0.25) is 9.59 Å². The fourth-order valence-corrected chi connectivity index (χ4v) is 2.24. The molecule has 2 amide bonds. The van der Waals surface area contributed by atoms with Crippen molar-refractivity contribution < 1.29 is 9.59 Å². The molecule has 0 unspecified atom stereocenters. The number of carbonyl (C=O) groups excluding carboxylic acids is 2. The van der Waals surface area contributed by atoms with Crippen molar-refractivity contribution >= 4 is 17.5 Å². The highest BCUT2D eigenvalue weighted by Gasteiger charge is 2.22. The molecule has 0 aromatic rings. The predicted molar refractivity (Wildman–Crippen MR) is 79.5 cm³/mol. The van der Waals surface area contributed by atoms with Crippen LogP contribution in [0.4, 0.5) is 0 Å². The van der Waals surface area contributed by atoms with Crippen molar-refractivity contribution in [2.75, 3.05) is 32.7 Å². The van der Waals surface area contributed by atoms with E-state index in [1.807, 2.05) is 6.92 Å². The van der Waals surface area contributed by atoms with E-state index in [0.717, 1.165) is 32.6 Å². The average molecular weight is 282 g/mol. The normalized spacial score (nSPS) is 15.0. The summed E-state index contributed by atoms with van der Waals surface area (Å²) in [5.41, 5.74) is 2.84. The van der Waals surface area contributed by atoms with E-state index in [1.165, 1.54) is 0 Å². The lowest BCUT2D eigenvalue weighted by atomic mass is 10.1. The lowest BCUT2D eigenvalue weighted by molar-refractivity contribution is -0.124. The molecule has 6 nitrogen and oxygen atoms in total. The Morgan fingerprint density at radius 3 is 2.35 bits per heavy atom. The van der Waals surface area contributed by atoms with E-state index in [9.17, 15) is 9.59 Å². The van der Waals surface area contributed by atoms with Crippen LogP contribution in [0.2, 0.25) is 0 Å². The molecule has 1 heterocycles. The molecular formula is C14H26N4O2. The number of amides is 2. The average Bonchev–Trinajstić information content (AvgIpc) is 2.48. The molecule has 114 valence electrons. The van der Waals surface area contributed by atoms with Gasteiger partial charge in [-0.1, -0.05) is 13.8 Å². The van der Waals surface area contributed by atoms with Crippen LogP contribution in [0.15, 0.2) is 5.10 Å². The zero-order valence-corrected chi connectivity index (χ0v) is 12.8. The molecule has 0 bridgehead atoms. The summed E-state index contributed by atoms with van der Waals surface area (Å²) in [6.07, 6.45) is 1.75. The Kier molecular flexibility index (Phi) is 7.22. The number of carbonyl (C=O) groups is 2. The van der Waals surface area contributed by atoms with Gasteiger partial charge in [-0.15, -0.1) is 0 Å². The maximum absolute atomic E-state index is 12.3. The lowest BCUT2D eigenvalue weighted by Crippen LogP contribution is -2.41. The fraction of sp³-hybridized carbons (Fsp3) is 0.786. The van der Waals surface area contributed by atoms with Gasteiger partial charge >= 0.3 is 0 Å². The maximum atomic E-state index is 12.3. The highest BCUT2D eigenvalue weighted by molar-refractivity contribution is 6.39.